The van der Waals surface area contributed by atoms with Crippen molar-refractivity contribution in [2.24, 2.45) is 0 Å². The van der Waals surface area contributed by atoms with E-state index in [2.05, 4.69) is 30.1 Å². The Morgan fingerprint density at radius 2 is 1.21 bits per heavy atom. The summed E-state index contributed by atoms with van der Waals surface area (Å²) in [4.78, 5) is 0. The molecule has 0 aliphatic heterocycles. The van der Waals surface area contributed by atoms with E-state index in [4.69, 9.17) is 13.3 Å². The first-order chi connectivity index (χ1) is 9.35. The molecule has 0 aromatic heterocycles. The fraction of sp³-hybridized carbons (Fsp3) is 1.00. The van der Waals surface area contributed by atoms with Crippen LogP contribution in [0.5, 0.6) is 0 Å². The minimum atomic E-state index is -0.00245. The Labute approximate surface area is 127 Å². The lowest BCUT2D eigenvalue weighted by molar-refractivity contribution is 0.00436. The van der Waals surface area contributed by atoms with Crippen molar-refractivity contribution in [3.8, 4) is 0 Å². The lowest BCUT2D eigenvalue weighted by Gasteiger charge is -2.14. The molecule has 0 bridgehead atoms. The van der Waals surface area contributed by atoms with Crippen LogP contribution in [0.15, 0.2) is 0 Å². The van der Waals surface area contributed by atoms with Gasteiger partial charge in [0.2, 0.25) is 0 Å². The van der Waals surface area contributed by atoms with Crippen LogP contribution < -0.4 is 0 Å². The van der Waals surface area contributed by atoms with Gasteiger partial charge in [-0.25, -0.2) is 0 Å². The Hall–Kier alpha value is 0.360. The fourth-order valence-electron chi connectivity index (χ4n) is 1.79. The van der Waals surface area contributed by atoms with Crippen LogP contribution in [0.2, 0.25) is 0 Å². The quantitative estimate of drug-likeness (QED) is 0.398. The van der Waals surface area contributed by atoms with E-state index in [0.717, 1.165) is 26.1 Å². The molecule has 0 heterocycles. The number of hydrogen-bond donors (Lipinski definition) is 0. The largest absolute Gasteiger partial charge is 0.379 e. The zero-order valence-corrected chi connectivity index (χ0v) is 14.3. The summed E-state index contributed by atoms with van der Waals surface area (Å²) in [6.07, 6.45) is 9.90. The second kappa shape index (κ2) is 16.4. The third-order valence-corrected chi connectivity index (χ3v) is 3.55. The van der Waals surface area contributed by atoms with Crippen molar-refractivity contribution in [3.05, 3.63) is 0 Å². The first-order valence-electron chi connectivity index (χ1n) is 7.78. The number of halogens is 1. The Bertz CT molecular complexity index is 151. The Morgan fingerprint density at radius 3 is 1.58 bits per heavy atom. The first kappa shape index (κ1) is 19.4. The average molecular weight is 339 g/mol. The van der Waals surface area contributed by atoms with Crippen molar-refractivity contribution in [3.63, 3.8) is 0 Å². The van der Waals surface area contributed by atoms with Crippen LogP contribution in [0, 0.1) is 0 Å². The minimum Gasteiger partial charge on any atom is -0.379 e. The zero-order chi connectivity index (χ0) is 14.2. The van der Waals surface area contributed by atoms with E-state index >= 15 is 0 Å². The lowest BCUT2D eigenvalue weighted by atomic mass is 10.2. The van der Waals surface area contributed by atoms with Gasteiger partial charge < -0.3 is 9.47 Å². The monoisotopic (exact) mass is 338 g/mol. The van der Waals surface area contributed by atoms with Gasteiger partial charge >= 0.3 is 0 Å². The predicted octanol–water partition coefficient (Wildman–Crippen LogP) is 4.88. The van der Waals surface area contributed by atoms with Gasteiger partial charge in [-0.2, -0.15) is 0 Å². The van der Waals surface area contributed by atoms with Gasteiger partial charge in [-0.1, -0.05) is 52.4 Å². The van der Waals surface area contributed by atoms with Crippen molar-refractivity contribution in [1.29, 1.82) is 0 Å². The summed E-state index contributed by atoms with van der Waals surface area (Å²) in [5, 5.41) is 0. The highest BCUT2D eigenvalue weighted by molar-refractivity contribution is 9.06. The Kier molecular flexibility index (Phi) is 16.7. The normalized spacial score (nSPS) is 11.4. The van der Waals surface area contributed by atoms with Gasteiger partial charge in [-0.15, -0.1) is 0 Å². The highest BCUT2D eigenvalue weighted by Crippen LogP contribution is 2.04. The van der Waals surface area contributed by atoms with E-state index < -0.39 is 0 Å². The lowest BCUT2D eigenvalue weighted by Crippen LogP contribution is -2.23. The zero-order valence-electron chi connectivity index (χ0n) is 12.7. The number of hydrogen-bond acceptors (Lipinski definition) is 3. The summed E-state index contributed by atoms with van der Waals surface area (Å²) < 4.78 is 16.4. The summed E-state index contributed by atoms with van der Waals surface area (Å²) in [6.45, 7) is 7.28. The Balaban J connectivity index is 3.30. The third kappa shape index (κ3) is 14.6. The minimum absolute atomic E-state index is 0.00245. The van der Waals surface area contributed by atoms with Gasteiger partial charge in [0.15, 0.2) is 0 Å². The van der Waals surface area contributed by atoms with Crippen LogP contribution in [0.3, 0.4) is 0 Å². The molecule has 3 nitrogen and oxygen atoms in total. The molecular formula is C15H31BrO3. The van der Waals surface area contributed by atoms with Gasteiger partial charge in [0, 0.05) is 13.2 Å². The maximum absolute atomic E-state index is 5.59. The van der Waals surface area contributed by atoms with E-state index in [1.165, 1.54) is 38.5 Å². The van der Waals surface area contributed by atoms with Gasteiger partial charge in [-0.3, -0.25) is 3.83 Å². The van der Waals surface area contributed by atoms with E-state index in [9.17, 15) is 0 Å². The summed E-state index contributed by atoms with van der Waals surface area (Å²) in [7, 11) is 0. The molecule has 0 aromatic rings. The summed E-state index contributed by atoms with van der Waals surface area (Å²) in [5.74, 6) is 0. The topological polar surface area (TPSA) is 27.7 Å². The van der Waals surface area contributed by atoms with Crippen molar-refractivity contribution in [2.45, 2.75) is 71.3 Å². The SMILES string of the molecule is CCCCCCOCC(COCCCCCC)OBr. The summed E-state index contributed by atoms with van der Waals surface area (Å²) in [5.41, 5.74) is 0. The van der Waals surface area contributed by atoms with Crippen molar-refractivity contribution < 1.29 is 13.3 Å². The van der Waals surface area contributed by atoms with Crippen molar-refractivity contribution >= 4 is 16.3 Å². The molecular weight excluding hydrogens is 308 g/mol. The molecule has 0 aliphatic rings. The summed E-state index contributed by atoms with van der Waals surface area (Å²) >= 11 is 3.04. The smallest absolute Gasteiger partial charge is 0.119 e. The third-order valence-electron chi connectivity index (χ3n) is 3.02. The average Bonchev–Trinajstić information content (AvgIpc) is 2.44. The molecule has 0 fully saturated rings. The van der Waals surface area contributed by atoms with Gasteiger partial charge in [-0.05, 0) is 12.8 Å². The van der Waals surface area contributed by atoms with Gasteiger partial charge in [0.25, 0.3) is 0 Å². The molecule has 0 aromatic carbocycles. The second-order valence-corrected chi connectivity index (χ2v) is 5.36. The standard InChI is InChI=1S/C15H31BrO3/c1-3-5-7-9-11-17-13-15(19-16)14-18-12-10-8-6-4-2/h15H,3-14H2,1-2H3. The molecule has 4 heteroatoms. The van der Waals surface area contributed by atoms with Crippen LogP contribution in [-0.4, -0.2) is 32.5 Å². The van der Waals surface area contributed by atoms with Crippen LogP contribution in [0.1, 0.15) is 65.2 Å². The summed E-state index contributed by atoms with van der Waals surface area (Å²) in [6, 6.07) is 0. The van der Waals surface area contributed by atoms with Crippen LogP contribution >= 0.6 is 16.3 Å². The van der Waals surface area contributed by atoms with E-state index in [1.54, 1.807) is 0 Å². The number of ether oxygens (including phenoxy) is 2. The second-order valence-electron chi connectivity index (χ2n) is 4.98. The van der Waals surface area contributed by atoms with E-state index in [0.29, 0.717) is 13.2 Å². The molecule has 0 N–H and O–H groups in total. The molecule has 0 amide bonds. The molecule has 0 spiro atoms. The highest BCUT2D eigenvalue weighted by Gasteiger charge is 2.08. The molecule has 0 saturated heterocycles. The van der Waals surface area contributed by atoms with Crippen LogP contribution in [-0.2, 0) is 13.3 Å². The molecule has 0 radical (unpaired) electrons. The van der Waals surface area contributed by atoms with Crippen LogP contribution in [0.4, 0.5) is 0 Å². The molecule has 0 unspecified atom stereocenters. The maximum atomic E-state index is 5.59. The highest BCUT2D eigenvalue weighted by atomic mass is 79.9. The first-order valence-corrected chi connectivity index (χ1v) is 8.42. The molecule has 116 valence electrons. The van der Waals surface area contributed by atoms with E-state index in [1.807, 2.05) is 0 Å². The van der Waals surface area contributed by atoms with Gasteiger partial charge in [0.1, 0.15) is 6.10 Å². The molecule has 19 heavy (non-hydrogen) atoms. The molecule has 0 rings (SSSR count). The number of unbranched alkanes of at least 4 members (excludes halogenated alkanes) is 6. The van der Waals surface area contributed by atoms with Crippen molar-refractivity contribution in [2.75, 3.05) is 26.4 Å². The van der Waals surface area contributed by atoms with Crippen LogP contribution in [0.25, 0.3) is 0 Å². The molecule has 0 atom stereocenters. The van der Waals surface area contributed by atoms with E-state index in [-0.39, 0.29) is 6.10 Å². The molecule has 0 aliphatic carbocycles. The predicted molar refractivity (Wildman–Crippen MR) is 83.7 cm³/mol. The van der Waals surface area contributed by atoms with Gasteiger partial charge in [0.05, 0.1) is 29.5 Å². The molecule has 0 saturated carbocycles. The fourth-order valence-corrected chi connectivity index (χ4v) is 2.01. The Morgan fingerprint density at radius 1 is 0.737 bits per heavy atom. The van der Waals surface area contributed by atoms with Crippen molar-refractivity contribution in [1.82, 2.24) is 0 Å². The maximum Gasteiger partial charge on any atom is 0.119 e. The number of rotatable bonds is 15.